The molecule has 1 aromatic heterocycles. The van der Waals surface area contributed by atoms with Crippen LogP contribution < -0.4 is 11.1 Å². The van der Waals surface area contributed by atoms with E-state index in [2.05, 4.69) is 15.3 Å². The van der Waals surface area contributed by atoms with Crippen LogP contribution >= 0.6 is 23.2 Å². The number of benzene rings is 1. The Hall–Kier alpha value is -2.16. The van der Waals surface area contributed by atoms with Crippen molar-refractivity contribution in [3.63, 3.8) is 0 Å². The van der Waals surface area contributed by atoms with Crippen LogP contribution in [0.15, 0.2) is 24.4 Å². The predicted octanol–water partition coefficient (Wildman–Crippen LogP) is 3.43. The Labute approximate surface area is 159 Å². The second-order valence-electron chi connectivity index (χ2n) is 6.09. The molecule has 0 bridgehead atoms. The molecule has 2 heterocycles. The summed E-state index contributed by atoms with van der Waals surface area (Å²) in [4.78, 5) is 18.2. The Bertz CT molecular complexity index is 828. The largest absolute Gasteiger partial charge is 0.381 e. The molecule has 138 valence electrons. The van der Waals surface area contributed by atoms with Gasteiger partial charge in [0.15, 0.2) is 0 Å². The van der Waals surface area contributed by atoms with Gasteiger partial charge in [-0.15, -0.1) is 0 Å². The van der Waals surface area contributed by atoms with E-state index in [9.17, 15) is 10.1 Å². The van der Waals surface area contributed by atoms with Gasteiger partial charge in [-0.3, -0.25) is 10.1 Å². The average molecular weight is 398 g/mol. The first-order chi connectivity index (χ1) is 12.4. The number of nitrogens with zero attached hydrogens (tertiary/aromatic N) is 3. The molecule has 0 spiro atoms. The molecule has 8 nitrogen and oxygen atoms in total. The van der Waals surface area contributed by atoms with Crippen LogP contribution in [-0.4, -0.2) is 34.6 Å². The zero-order valence-corrected chi connectivity index (χ0v) is 15.3. The molecular weight excluding hydrogens is 381 g/mol. The molecule has 1 fully saturated rings. The molecule has 1 aromatic carbocycles. The summed E-state index contributed by atoms with van der Waals surface area (Å²) in [6.45, 7) is 1.68. The summed E-state index contributed by atoms with van der Waals surface area (Å²) in [7, 11) is 0. The third kappa shape index (κ3) is 3.82. The summed E-state index contributed by atoms with van der Waals surface area (Å²) < 4.78 is 5.50. The number of hydrogen-bond acceptors (Lipinski definition) is 7. The van der Waals surface area contributed by atoms with Crippen LogP contribution in [0.25, 0.3) is 0 Å². The standard InChI is InChI=1S/C16H17Cl2N5O3/c17-10-1-2-11(12(18)7-10)16(3-5-26-6-4-16)9-21-15-20-8-13(23(24)25)14(19)22-15/h1-2,7-8H,3-6,9H2,(H3,19,20,21,22). The monoisotopic (exact) mass is 397 g/mol. The summed E-state index contributed by atoms with van der Waals surface area (Å²) in [5, 5.41) is 15.1. The predicted molar refractivity (Wildman–Crippen MR) is 99.8 cm³/mol. The van der Waals surface area contributed by atoms with Gasteiger partial charge < -0.3 is 15.8 Å². The third-order valence-electron chi connectivity index (χ3n) is 4.53. The summed E-state index contributed by atoms with van der Waals surface area (Å²) in [5.41, 5.74) is 5.98. The number of nitro groups is 1. The van der Waals surface area contributed by atoms with Gasteiger partial charge in [-0.05, 0) is 30.5 Å². The molecule has 0 atom stereocenters. The fourth-order valence-electron chi connectivity index (χ4n) is 3.09. The van der Waals surface area contributed by atoms with E-state index in [0.717, 1.165) is 24.6 Å². The average Bonchev–Trinajstić information content (AvgIpc) is 2.60. The van der Waals surface area contributed by atoms with E-state index in [0.29, 0.717) is 29.8 Å². The maximum atomic E-state index is 10.8. The number of hydrogen-bond donors (Lipinski definition) is 2. The third-order valence-corrected chi connectivity index (χ3v) is 5.08. The number of nitrogens with one attached hydrogen (secondary N) is 1. The molecule has 1 saturated heterocycles. The molecule has 3 rings (SSSR count). The molecule has 0 aliphatic carbocycles. The molecule has 1 aliphatic heterocycles. The van der Waals surface area contributed by atoms with Gasteiger partial charge in [0.25, 0.3) is 0 Å². The van der Waals surface area contributed by atoms with Gasteiger partial charge in [0.1, 0.15) is 6.20 Å². The van der Waals surface area contributed by atoms with E-state index >= 15 is 0 Å². The Morgan fingerprint density at radius 2 is 2.08 bits per heavy atom. The zero-order valence-electron chi connectivity index (χ0n) is 13.7. The minimum atomic E-state index is -0.618. The number of ether oxygens (including phenoxy) is 1. The second kappa shape index (κ2) is 7.61. The topological polar surface area (TPSA) is 116 Å². The Balaban J connectivity index is 1.85. The van der Waals surface area contributed by atoms with Crippen LogP contribution in [0.4, 0.5) is 17.5 Å². The number of nitrogen functional groups attached to an aromatic ring is 1. The van der Waals surface area contributed by atoms with E-state index in [1.807, 2.05) is 6.07 Å². The van der Waals surface area contributed by atoms with Gasteiger partial charge in [-0.25, -0.2) is 4.98 Å². The van der Waals surface area contributed by atoms with Crippen LogP contribution in [0, 0.1) is 10.1 Å². The fourth-order valence-corrected chi connectivity index (χ4v) is 3.69. The second-order valence-corrected chi connectivity index (χ2v) is 6.94. The number of halogens is 2. The van der Waals surface area contributed by atoms with Crippen LogP contribution in [0.3, 0.4) is 0 Å². The minimum absolute atomic E-state index is 0.182. The van der Waals surface area contributed by atoms with Crippen molar-refractivity contribution in [1.29, 1.82) is 0 Å². The van der Waals surface area contributed by atoms with Gasteiger partial charge in [-0.2, -0.15) is 4.98 Å². The number of rotatable bonds is 5. The highest BCUT2D eigenvalue weighted by Crippen LogP contribution is 2.39. The van der Waals surface area contributed by atoms with Crippen molar-refractivity contribution in [3.05, 3.63) is 50.1 Å². The Morgan fingerprint density at radius 1 is 1.35 bits per heavy atom. The summed E-state index contributed by atoms with van der Waals surface area (Å²) in [6, 6.07) is 5.44. The highest BCUT2D eigenvalue weighted by atomic mass is 35.5. The van der Waals surface area contributed by atoms with Crippen LogP contribution in [-0.2, 0) is 10.2 Å². The highest BCUT2D eigenvalue weighted by Gasteiger charge is 2.36. The lowest BCUT2D eigenvalue weighted by atomic mass is 9.74. The molecule has 3 N–H and O–H groups in total. The van der Waals surface area contributed by atoms with Crippen molar-refractivity contribution < 1.29 is 9.66 Å². The lowest BCUT2D eigenvalue weighted by Crippen LogP contribution is -2.40. The molecule has 0 unspecified atom stereocenters. The SMILES string of the molecule is Nc1nc(NCC2(c3ccc(Cl)cc3Cl)CCOCC2)ncc1[N+](=O)[O-]. The number of anilines is 2. The van der Waals surface area contributed by atoms with Crippen molar-refractivity contribution in [2.75, 3.05) is 30.8 Å². The first-order valence-electron chi connectivity index (χ1n) is 7.95. The maximum Gasteiger partial charge on any atom is 0.329 e. The Kier molecular flexibility index (Phi) is 5.45. The van der Waals surface area contributed by atoms with E-state index in [1.54, 1.807) is 12.1 Å². The molecule has 1 aliphatic rings. The fraction of sp³-hybridized carbons (Fsp3) is 0.375. The first kappa shape index (κ1) is 18.6. The van der Waals surface area contributed by atoms with Crippen molar-refractivity contribution in [2.24, 2.45) is 0 Å². The highest BCUT2D eigenvalue weighted by molar-refractivity contribution is 6.35. The molecule has 10 heteroatoms. The molecule has 26 heavy (non-hydrogen) atoms. The van der Waals surface area contributed by atoms with E-state index < -0.39 is 4.92 Å². The van der Waals surface area contributed by atoms with E-state index in [1.165, 1.54) is 0 Å². The summed E-state index contributed by atoms with van der Waals surface area (Å²) in [5.74, 6) is 0.0436. The molecule has 0 radical (unpaired) electrons. The van der Waals surface area contributed by atoms with Gasteiger partial charge >= 0.3 is 5.69 Å². The smallest absolute Gasteiger partial charge is 0.329 e. The zero-order chi connectivity index (χ0) is 18.7. The maximum absolute atomic E-state index is 10.8. The van der Waals surface area contributed by atoms with Crippen molar-refractivity contribution in [3.8, 4) is 0 Å². The van der Waals surface area contributed by atoms with Crippen molar-refractivity contribution in [2.45, 2.75) is 18.3 Å². The molecule has 2 aromatic rings. The lowest BCUT2D eigenvalue weighted by molar-refractivity contribution is -0.384. The van der Waals surface area contributed by atoms with Gasteiger partial charge in [0.2, 0.25) is 11.8 Å². The summed E-state index contributed by atoms with van der Waals surface area (Å²) in [6.07, 6.45) is 2.60. The normalized spacial score (nSPS) is 16.2. The van der Waals surface area contributed by atoms with Crippen LogP contribution in [0.5, 0.6) is 0 Å². The van der Waals surface area contributed by atoms with E-state index in [-0.39, 0.29) is 22.9 Å². The Morgan fingerprint density at radius 3 is 2.69 bits per heavy atom. The molecular formula is C16H17Cl2N5O3. The first-order valence-corrected chi connectivity index (χ1v) is 8.71. The molecule has 0 saturated carbocycles. The number of nitrogens with two attached hydrogens (primary N) is 1. The lowest BCUT2D eigenvalue weighted by Gasteiger charge is -2.38. The summed E-state index contributed by atoms with van der Waals surface area (Å²) >= 11 is 12.5. The van der Waals surface area contributed by atoms with Gasteiger partial charge in [-0.1, -0.05) is 29.3 Å². The quantitative estimate of drug-likeness (QED) is 0.585. The van der Waals surface area contributed by atoms with Gasteiger partial charge in [0.05, 0.1) is 4.92 Å². The van der Waals surface area contributed by atoms with Crippen LogP contribution in [0.1, 0.15) is 18.4 Å². The number of aromatic nitrogens is 2. The van der Waals surface area contributed by atoms with Crippen molar-refractivity contribution in [1.82, 2.24) is 9.97 Å². The van der Waals surface area contributed by atoms with Crippen LogP contribution in [0.2, 0.25) is 10.0 Å². The minimum Gasteiger partial charge on any atom is -0.381 e. The van der Waals surface area contributed by atoms with Gasteiger partial charge in [0, 0.05) is 35.2 Å². The molecule has 0 amide bonds. The van der Waals surface area contributed by atoms with E-state index in [4.69, 9.17) is 33.7 Å². The van der Waals surface area contributed by atoms with Crippen molar-refractivity contribution >= 4 is 40.7 Å².